The van der Waals surface area contributed by atoms with E-state index >= 15 is 0 Å². The maximum Gasteiger partial charge on any atom is 0.389 e. The molecule has 0 amide bonds. The van der Waals surface area contributed by atoms with E-state index in [4.69, 9.17) is 0 Å². The van der Waals surface area contributed by atoms with Gasteiger partial charge >= 0.3 is 5.82 Å². The molecule has 0 atom stereocenters. The maximum atomic E-state index is 10.8. The van der Waals surface area contributed by atoms with Gasteiger partial charge in [0.15, 0.2) is 0 Å². The van der Waals surface area contributed by atoms with Gasteiger partial charge in [-0.1, -0.05) is 0 Å². The van der Waals surface area contributed by atoms with Gasteiger partial charge in [0.2, 0.25) is 5.82 Å². The lowest BCUT2D eigenvalue weighted by atomic mass is 10.2. The summed E-state index contributed by atoms with van der Waals surface area (Å²) in [5.74, 6) is 0.379. The van der Waals surface area contributed by atoms with E-state index in [0.29, 0.717) is 11.3 Å². The Balaban J connectivity index is 2.69. The molecule has 6 nitrogen and oxygen atoms in total. The molecular formula is C10H9N3O3. The zero-order valence-corrected chi connectivity index (χ0v) is 8.58. The first kappa shape index (κ1) is 10.3. The first-order valence-electron chi connectivity index (χ1n) is 4.69. The number of fused-ring (bicyclic) bond motifs is 1. The second kappa shape index (κ2) is 3.73. The number of imidazole rings is 1. The number of hydrogen-bond donors (Lipinski definition) is 0. The molecule has 0 aliphatic carbocycles. The highest BCUT2D eigenvalue weighted by Crippen LogP contribution is 2.21. The van der Waals surface area contributed by atoms with Gasteiger partial charge in [-0.15, -0.1) is 0 Å². The van der Waals surface area contributed by atoms with Gasteiger partial charge in [-0.3, -0.25) is 4.40 Å². The van der Waals surface area contributed by atoms with Crippen molar-refractivity contribution in [3.05, 3.63) is 39.8 Å². The lowest BCUT2D eigenvalue weighted by Crippen LogP contribution is -1.92. The molecule has 0 saturated carbocycles. The van der Waals surface area contributed by atoms with Crippen molar-refractivity contribution in [1.82, 2.24) is 9.38 Å². The van der Waals surface area contributed by atoms with Crippen LogP contribution >= 0.6 is 0 Å². The van der Waals surface area contributed by atoms with Crippen molar-refractivity contribution >= 4 is 17.6 Å². The quantitative estimate of drug-likeness (QED) is 0.442. The summed E-state index contributed by atoms with van der Waals surface area (Å²) in [4.78, 5) is 24.5. The van der Waals surface area contributed by atoms with Crippen LogP contribution in [-0.4, -0.2) is 20.6 Å². The Hall–Kier alpha value is -2.24. The van der Waals surface area contributed by atoms with Crippen molar-refractivity contribution in [3.63, 3.8) is 0 Å². The van der Waals surface area contributed by atoms with Crippen LogP contribution < -0.4 is 0 Å². The van der Waals surface area contributed by atoms with Gasteiger partial charge < -0.3 is 14.9 Å². The number of pyridine rings is 1. The molecule has 82 valence electrons. The fraction of sp³-hybridized carbons (Fsp3) is 0.200. The number of hydrogen-bond acceptors (Lipinski definition) is 4. The maximum absolute atomic E-state index is 10.8. The number of aromatic nitrogens is 2. The van der Waals surface area contributed by atoms with Crippen molar-refractivity contribution in [2.24, 2.45) is 0 Å². The van der Waals surface area contributed by atoms with Gasteiger partial charge in [-0.2, -0.15) is 0 Å². The van der Waals surface area contributed by atoms with E-state index in [2.05, 4.69) is 4.98 Å². The summed E-state index contributed by atoms with van der Waals surface area (Å²) < 4.78 is 1.63. The molecule has 0 N–H and O–H groups in total. The van der Waals surface area contributed by atoms with Crippen LogP contribution in [0.5, 0.6) is 0 Å². The molecule has 0 unspecified atom stereocenters. The molecule has 2 heterocycles. The van der Waals surface area contributed by atoms with Gasteiger partial charge in [-0.05, 0) is 27.6 Å². The third kappa shape index (κ3) is 1.54. The number of rotatable bonds is 3. The Morgan fingerprint density at radius 1 is 1.62 bits per heavy atom. The van der Waals surface area contributed by atoms with E-state index in [9.17, 15) is 14.9 Å². The second-order valence-corrected chi connectivity index (χ2v) is 3.40. The van der Waals surface area contributed by atoms with Crippen LogP contribution in [-0.2, 0) is 11.2 Å². The van der Waals surface area contributed by atoms with E-state index in [0.717, 1.165) is 11.8 Å². The van der Waals surface area contributed by atoms with Crippen molar-refractivity contribution in [1.29, 1.82) is 0 Å². The summed E-state index contributed by atoms with van der Waals surface area (Å²) in [6.07, 6.45) is 2.70. The highest BCUT2D eigenvalue weighted by Gasteiger charge is 2.19. The molecule has 0 bridgehead atoms. The number of carbonyl (C=O) groups is 1. The van der Waals surface area contributed by atoms with Crippen LogP contribution in [0.3, 0.4) is 0 Å². The highest BCUT2D eigenvalue weighted by molar-refractivity contribution is 5.65. The summed E-state index contributed by atoms with van der Waals surface area (Å²) in [7, 11) is 0. The number of nitrogens with zero attached hydrogens (tertiary/aromatic N) is 3. The van der Waals surface area contributed by atoms with Gasteiger partial charge in [0, 0.05) is 19.5 Å². The lowest BCUT2D eigenvalue weighted by molar-refractivity contribution is -0.387. The highest BCUT2D eigenvalue weighted by atomic mass is 16.6. The van der Waals surface area contributed by atoms with Crippen molar-refractivity contribution in [3.8, 4) is 0 Å². The molecule has 0 saturated heterocycles. The molecular weight excluding hydrogens is 210 g/mol. The van der Waals surface area contributed by atoms with Crippen LogP contribution in [0.2, 0.25) is 0 Å². The molecule has 2 aromatic rings. The third-order valence-electron chi connectivity index (χ3n) is 2.36. The Morgan fingerprint density at radius 3 is 3.00 bits per heavy atom. The van der Waals surface area contributed by atoms with E-state index in [-0.39, 0.29) is 12.2 Å². The van der Waals surface area contributed by atoms with Crippen LogP contribution in [0.4, 0.5) is 5.82 Å². The van der Waals surface area contributed by atoms with Crippen LogP contribution in [0.1, 0.15) is 11.4 Å². The first-order chi connectivity index (χ1) is 7.63. The Morgan fingerprint density at radius 2 is 2.38 bits per heavy atom. The van der Waals surface area contributed by atoms with E-state index in [1.807, 2.05) is 0 Å². The van der Waals surface area contributed by atoms with Crippen molar-refractivity contribution in [2.45, 2.75) is 13.3 Å². The molecule has 0 fully saturated rings. The number of aldehydes is 1. The molecule has 16 heavy (non-hydrogen) atoms. The normalized spacial score (nSPS) is 10.6. The Bertz CT molecular complexity index is 574. The van der Waals surface area contributed by atoms with Crippen molar-refractivity contribution in [2.75, 3.05) is 0 Å². The summed E-state index contributed by atoms with van der Waals surface area (Å²) in [6, 6.07) is 3.37. The minimum absolute atomic E-state index is 0.176. The van der Waals surface area contributed by atoms with E-state index < -0.39 is 4.92 Å². The average Bonchev–Trinajstić information content (AvgIpc) is 2.57. The number of nitro groups is 1. The summed E-state index contributed by atoms with van der Waals surface area (Å²) in [5.41, 5.74) is 1.16. The standard InChI is InChI=1S/C10H9N3O3/c1-7-11-10(13(15)16)9-6-8(3-5-14)2-4-12(7)9/h2,4-6H,3H2,1H3. The minimum atomic E-state index is -0.521. The largest absolute Gasteiger partial charge is 0.389 e. The molecule has 0 spiro atoms. The van der Waals surface area contributed by atoms with Gasteiger partial charge in [0.25, 0.3) is 0 Å². The molecule has 6 heteroatoms. The summed E-state index contributed by atoms with van der Waals surface area (Å²) in [5, 5.41) is 10.8. The zero-order chi connectivity index (χ0) is 11.7. The summed E-state index contributed by atoms with van der Waals surface area (Å²) >= 11 is 0. The lowest BCUT2D eigenvalue weighted by Gasteiger charge is -1.97. The van der Waals surface area contributed by atoms with Crippen LogP contribution in [0.25, 0.3) is 5.52 Å². The molecule has 0 radical (unpaired) electrons. The van der Waals surface area contributed by atoms with Gasteiger partial charge in [0.05, 0.1) is 0 Å². The summed E-state index contributed by atoms with van der Waals surface area (Å²) in [6.45, 7) is 1.69. The SMILES string of the molecule is Cc1nc([N+](=O)[O-])c2cc(CC=O)ccn12. The topological polar surface area (TPSA) is 77.5 Å². The zero-order valence-electron chi connectivity index (χ0n) is 8.58. The third-order valence-corrected chi connectivity index (χ3v) is 2.36. The van der Waals surface area contributed by atoms with E-state index in [1.54, 1.807) is 29.7 Å². The average molecular weight is 219 g/mol. The predicted molar refractivity (Wildman–Crippen MR) is 56.4 cm³/mol. The predicted octanol–water partition coefficient (Wildman–Crippen LogP) is 1.29. The fourth-order valence-corrected chi connectivity index (χ4v) is 1.62. The minimum Gasteiger partial charge on any atom is -0.358 e. The first-order valence-corrected chi connectivity index (χ1v) is 4.69. The number of carbonyl (C=O) groups excluding carboxylic acids is 1. The Kier molecular flexibility index (Phi) is 2.40. The van der Waals surface area contributed by atoms with Crippen LogP contribution in [0, 0.1) is 17.0 Å². The van der Waals surface area contributed by atoms with Crippen LogP contribution in [0.15, 0.2) is 18.3 Å². The molecule has 0 aromatic carbocycles. The molecule has 0 aliphatic rings. The molecule has 2 rings (SSSR count). The molecule has 0 aliphatic heterocycles. The van der Waals surface area contributed by atoms with Crippen molar-refractivity contribution < 1.29 is 9.72 Å². The van der Waals surface area contributed by atoms with Gasteiger partial charge in [0.1, 0.15) is 11.8 Å². The van der Waals surface area contributed by atoms with E-state index in [1.165, 1.54) is 0 Å². The fourth-order valence-electron chi connectivity index (χ4n) is 1.62. The smallest absolute Gasteiger partial charge is 0.358 e. The molecule has 2 aromatic heterocycles. The Labute approximate surface area is 90.7 Å². The monoisotopic (exact) mass is 219 g/mol. The second-order valence-electron chi connectivity index (χ2n) is 3.40. The van der Waals surface area contributed by atoms with Gasteiger partial charge in [-0.25, -0.2) is 0 Å². The number of aryl methyl sites for hydroxylation is 1.